The molecule has 2 aliphatic rings. The van der Waals surface area contributed by atoms with Crippen molar-refractivity contribution >= 4 is 15.9 Å². The highest BCUT2D eigenvalue weighted by atomic mass is 32.2. The maximum atomic E-state index is 15.1. The quantitative estimate of drug-likeness (QED) is 0.685. The average molecular weight is 489 g/mol. The van der Waals surface area contributed by atoms with E-state index >= 15 is 4.39 Å². The topological polar surface area (TPSA) is 77.9 Å². The van der Waals surface area contributed by atoms with Gasteiger partial charge in [0.25, 0.3) is 0 Å². The third-order valence-electron chi connectivity index (χ3n) is 7.37. The predicted molar refractivity (Wildman–Crippen MR) is 129 cm³/mol. The summed E-state index contributed by atoms with van der Waals surface area (Å²) in [7, 11) is -3.65. The maximum Gasteiger partial charge on any atom is 0.221 e. The second-order valence-corrected chi connectivity index (χ2v) is 11.6. The average Bonchev–Trinajstić information content (AvgIpc) is 2.82. The van der Waals surface area contributed by atoms with Crippen LogP contribution in [0.1, 0.15) is 67.6 Å². The van der Waals surface area contributed by atoms with Crippen LogP contribution in [0.25, 0.3) is 0 Å². The monoisotopic (exact) mass is 488 g/mol. The molecule has 3 atom stereocenters. The molecule has 2 fully saturated rings. The zero-order valence-corrected chi connectivity index (χ0v) is 20.5. The minimum atomic E-state index is -3.65. The lowest BCUT2D eigenvalue weighted by molar-refractivity contribution is -0.130. The normalized spacial score (nSPS) is 24.6. The van der Waals surface area contributed by atoms with Crippen LogP contribution in [-0.2, 0) is 21.4 Å². The Morgan fingerprint density at radius 2 is 1.76 bits per heavy atom. The van der Waals surface area contributed by atoms with Gasteiger partial charge < -0.3 is 10.0 Å². The van der Waals surface area contributed by atoms with Crippen molar-refractivity contribution in [2.75, 3.05) is 13.1 Å². The first-order chi connectivity index (χ1) is 16.2. The first kappa shape index (κ1) is 24.8. The predicted octanol–water partition coefficient (Wildman–Crippen LogP) is 4.17. The van der Waals surface area contributed by atoms with Crippen LogP contribution in [0.2, 0.25) is 0 Å². The second-order valence-electron chi connectivity index (χ2n) is 9.56. The Morgan fingerprint density at radius 3 is 2.38 bits per heavy atom. The fraction of sp³-hybridized carbons (Fsp3) is 0.500. The number of hydrogen-bond acceptors (Lipinski definition) is 4. The van der Waals surface area contributed by atoms with Gasteiger partial charge in [-0.25, -0.2) is 12.8 Å². The molecule has 0 bridgehead atoms. The van der Waals surface area contributed by atoms with Crippen LogP contribution in [0, 0.1) is 11.7 Å². The molecular formula is C26H33FN2O4S. The van der Waals surface area contributed by atoms with E-state index in [9.17, 15) is 18.3 Å². The van der Waals surface area contributed by atoms with Crippen LogP contribution in [0.15, 0.2) is 48.5 Å². The standard InChI is InChI=1S/C26H33FN2O4S/c1-18-8-11-25(20-6-4-3-5-7-20)34(32,33)29(18)17-23-10-9-22(16-24(23)27)26(31)21-12-14-28(15-13-21)19(2)30/h3-7,9-10,16,18,21,25-26,31H,8,11-15,17H2,1-2H3/t18-,25+,26?/m0/s1. The van der Waals surface area contributed by atoms with Gasteiger partial charge in [-0.05, 0) is 55.7 Å². The van der Waals surface area contributed by atoms with Crippen LogP contribution in [0.4, 0.5) is 4.39 Å². The summed E-state index contributed by atoms with van der Waals surface area (Å²) in [5.74, 6) is -0.531. The molecule has 0 spiro atoms. The molecule has 8 heteroatoms. The molecule has 1 amide bonds. The van der Waals surface area contributed by atoms with Crippen molar-refractivity contribution in [2.24, 2.45) is 5.92 Å². The minimum Gasteiger partial charge on any atom is -0.388 e. The van der Waals surface area contributed by atoms with E-state index in [1.807, 2.05) is 37.3 Å². The molecule has 0 radical (unpaired) electrons. The van der Waals surface area contributed by atoms with Gasteiger partial charge in [-0.1, -0.05) is 42.5 Å². The fourth-order valence-electron chi connectivity index (χ4n) is 5.20. The Hall–Kier alpha value is -2.29. The summed E-state index contributed by atoms with van der Waals surface area (Å²) in [5, 5.41) is 10.2. The van der Waals surface area contributed by atoms with Gasteiger partial charge in [0.05, 0.1) is 6.10 Å². The molecule has 2 aliphatic heterocycles. The van der Waals surface area contributed by atoms with Crippen LogP contribution in [-0.4, -0.2) is 47.8 Å². The summed E-state index contributed by atoms with van der Waals surface area (Å²) in [6.45, 7) is 4.54. The molecule has 184 valence electrons. The molecule has 2 aromatic rings. The van der Waals surface area contributed by atoms with E-state index in [4.69, 9.17) is 0 Å². The van der Waals surface area contributed by atoms with E-state index in [1.54, 1.807) is 17.0 Å². The zero-order chi connectivity index (χ0) is 24.5. The summed E-state index contributed by atoms with van der Waals surface area (Å²) in [6, 6.07) is 13.6. The fourth-order valence-corrected chi connectivity index (χ4v) is 7.39. The number of rotatable bonds is 5. The summed E-state index contributed by atoms with van der Waals surface area (Å²) in [6.07, 6.45) is 1.75. The molecule has 1 unspecified atom stereocenters. The molecule has 0 aromatic heterocycles. The number of halogens is 1. The molecule has 2 saturated heterocycles. The van der Waals surface area contributed by atoms with Crippen molar-refractivity contribution in [3.8, 4) is 0 Å². The van der Waals surface area contributed by atoms with Crippen LogP contribution in [0.3, 0.4) is 0 Å². The summed E-state index contributed by atoms with van der Waals surface area (Å²) < 4.78 is 43.4. The van der Waals surface area contributed by atoms with Gasteiger partial charge in [0.1, 0.15) is 11.1 Å². The Balaban J connectivity index is 1.49. The Morgan fingerprint density at radius 1 is 1.09 bits per heavy atom. The Labute approximate surface area is 201 Å². The number of likely N-dealkylation sites (tertiary alicyclic amines) is 1. The number of piperidine rings is 1. The molecular weight excluding hydrogens is 455 g/mol. The van der Waals surface area contributed by atoms with E-state index < -0.39 is 27.2 Å². The molecule has 34 heavy (non-hydrogen) atoms. The Kier molecular flexibility index (Phi) is 7.40. The smallest absolute Gasteiger partial charge is 0.221 e. The highest BCUT2D eigenvalue weighted by Crippen LogP contribution is 2.38. The van der Waals surface area contributed by atoms with E-state index in [2.05, 4.69) is 0 Å². The van der Waals surface area contributed by atoms with Gasteiger partial charge in [-0.3, -0.25) is 4.79 Å². The number of nitrogens with zero attached hydrogens (tertiary/aromatic N) is 2. The number of amides is 1. The summed E-state index contributed by atoms with van der Waals surface area (Å²) in [5.41, 5.74) is 1.54. The number of benzene rings is 2. The van der Waals surface area contributed by atoms with Crippen LogP contribution < -0.4 is 0 Å². The highest BCUT2D eigenvalue weighted by Gasteiger charge is 2.40. The summed E-state index contributed by atoms with van der Waals surface area (Å²) >= 11 is 0. The maximum absolute atomic E-state index is 15.1. The lowest BCUT2D eigenvalue weighted by atomic mass is 9.87. The molecule has 6 nitrogen and oxygen atoms in total. The van der Waals surface area contributed by atoms with Gasteiger partial charge in [-0.2, -0.15) is 4.31 Å². The largest absolute Gasteiger partial charge is 0.388 e. The number of carbonyl (C=O) groups excluding carboxylic acids is 1. The van der Waals surface area contributed by atoms with E-state index in [0.29, 0.717) is 49.9 Å². The molecule has 0 saturated carbocycles. The van der Waals surface area contributed by atoms with Crippen LogP contribution >= 0.6 is 0 Å². The van der Waals surface area contributed by atoms with Crippen molar-refractivity contribution in [1.29, 1.82) is 0 Å². The molecule has 1 N–H and O–H groups in total. The lowest BCUT2D eigenvalue weighted by Gasteiger charge is -2.37. The first-order valence-electron chi connectivity index (χ1n) is 12.0. The van der Waals surface area contributed by atoms with Crippen molar-refractivity contribution in [3.05, 3.63) is 71.0 Å². The van der Waals surface area contributed by atoms with Gasteiger partial charge in [0, 0.05) is 38.2 Å². The minimum absolute atomic E-state index is 0.0275. The summed E-state index contributed by atoms with van der Waals surface area (Å²) in [4.78, 5) is 13.3. The van der Waals surface area contributed by atoms with Crippen molar-refractivity contribution in [1.82, 2.24) is 9.21 Å². The van der Waals surface area contributed by atoms with Gasteiger partial charge in [0.15, 0.2) is 0 Å². The molecule has 2 heterocycles. The molecule has 0 aliphatic carbocycles. The van der Waals surface area contributed by atoms with E-state index in [1.165, 1.54) is 17.3 Å². The number of hydrogen-bond donors (Lipinski definition) is 1. The van der Waals surface area contributed by atoms with E-state index in [-0.39, 0.29) is 24.4 Å². The SMILES string of the molecule is CC(=O)N1CCC(C(O)c2ccc(CN3[C@@H](C)CC[C@H](c4ccccc4)S3(=O)=O)c(F)c2)CC1. The highest BCUT2D eigenvalue weighted by molar-refractivity contribution is 7.89. The number of carbonyl (C=O) groups is 1. The van der Waals surface area contributed by atoms with Crippen LogP contribution in [0.5, 0.6) is 0 Å². The molecule has 4 rings (SSSR count). The van der Waals surface area contributed by atoms with Crippen molar-refractivity contribution in [2.45, 2.75) is 63.5 Å². The van der Waals surface area contributed by atoms with Crippen molar-refractivity contribution in [3.63, 3.8) is 0 Å². The lowest BCUT2D eigenvalue weighted by Crippen LogP contribution is -2.44. The first-order valence-corrected chi connectivity index (χ1v) is 13.5. The van der Waals surface area contributed by atoms with Crippen molar-refractivity contribution < 1.29 is 22.7 Å². The third kappa shape index (κ3) is 5.04. The number of aliphatic hydroxyl groups excluding tert-OH is 1. The second kappa shape index (κ2) is 10.1. The number of aliphatic hydroxyl groups is 1. The van der Waals surface area contributed by atoms with Gasteiger partial charge in [-0.15, -0.1) is 0 Å². The Bertz CT molecular complexity index is 1120. The van der Waals surface area contributed by atoms with E-state index in [0.717, 1.165) is 5.56 Å². The van der Waals surface area contributed by atoms with Gasteiger partial charge in [0.2, 0.25) is 15.9 Å². The third-order valence-corrected chi connectivity index (χ3v) is 9.74. The number of sulfonamides is 1. The molecule has 2 aromatic carbocycles. The zero-order valence-electron chi connectivity index (χ0n) is 19.7. The van der Waals surface area contributed by atoms with Gasteiger partial charge >= 0.3 is 0 Å².